The summed E-state index contributed by atoms with van der Waals surface area (Å²) in [6.07, 6.45) is 1.12. The smallest absolute Gasteiger partial charge is 0.120 e. The normalized spacial score (nSPS) is 10.4. The minimum Gasteiger partial charge on any atom is -0.494 e. The summed E-state index contributed by atoms with van der Waals surface area (Å²) in [7, 11) is 0. The van der Waals surface area contributed by atoms with Crippen molar-refractivity contribution < 1.29 is 4.74 Å². The van der Waals surface area contributed by atoms with Gasteiger partial charge in [-0.15, -0.1) is 12.4 Å². The third kappa shape index (κ3) is 5.04. The van der Waals surface area contributed by atoms with Crippen molar-refractivity contribution in [2.24, 2.45) is 11.7 Å². The van der Waals surface area contributed by atoms with Crippen molar-refractivity contribution in [3.05, 3.63) is 53.6 Å². The molecule has 0 aliphatic carbocycles. The zero-order valence-electron chi connectivity index (χ0n) is 13.6. The molecule has 0 radical (unpaired) electrons. The van der Waals surface area contributed by atoms with Gasteiger partial charge in [0, 0.05) is 6.54 Å². The topological polar surface area (TPSA) is 35.2 Å². The van der Waals surface area contributed by atoms with Gasteiger partial charge in [-0.3, -0.25) is 0 Å². The molecule has 2 nitrogen and oxygen atoms in total. The van der Waals surface area contributed by atoms with E-state index < -0.39 is 0 Å². The third-order valence-corrected chi connectivity index (χ3v) is 3.44. The van der Waals surface area contributed by atoms with Gasteiger partial charge in [-0.25, -0.2) is 0 Å². The van der Waals surface area contributed by atoms with E-state index >= 15 is 0 Å². The number of ether oxygens (including phenoxy) is 1. The molecule has 0 spiro atoms. The largest absolute Gasteiger partial charge is 0.494 e. The molecule has 2 aromatic carbocycles. The molecule has 120 valence electrons. The Morgan fingerprint density at radius 1 is 0.955 bits per heavy atom. The molecule has 0 saturated carbocycles. The van der Waals surface area contributed by atoms with Gasteiger partial charge in [0.1, 0.15) is 5.75 Å². The van der Waals surface area contributed by atoms with Crippen LogP contribution in [0.15, 0.2) is 42.5 Å². The molecule has 2 rings (SSSR count). The van der Waals surface area contributed by atoms with Crippen LogP contribution in [0, 0.1) is 5.92 Å². The first-order valence-corrected chi connectivity index (χ1v) is 7.68. The van der Waals surface area contributed by atoms with E-state index in [0.29, 0.717) is 19.1 Å². The fraction of sp³-hybridized carbons (Fsp3) is 0.368. The summed E-state index contributed by atoms with van der Waals surface area (Å²) in [6.45, 7) is 7.68. The van der Waals surface area contributed by atoms with Gasteiger partial charge in [-0.05, 0) is 59.7 Å². The quantitative estimate of drug-likeness (QED) is 0.827. The second kappa shape index (κ2) is 8.82. The summed E-state index contributed by atoms with van der Waals surface area (Å²) in [5.74, 6) is 1.57. The number of hydrogen-bond donors (Lipinski definition) is 1. The lowest BCUT2D eigenvalue weighted by Crippen LogP contribution is -1.99. The van der Waals surface area contributed by atoms with Gasteiger partial charge in [0.15, 0.2) is 0 Å². The predicted octanol–water partition coefficient (Wildman–Crippen LogP) is 4.83. The molecule has 0 heterocycles. The predicted molar refractivity (Wildman–Crippen MR) is 96.7 cm³/mol. The molecule has 2 aromatic rings. The molecule has 0 aliphatic heterocycles. The molecule has 0 unspecified atom stereocenters. The molecular weight excluding hydrogens is 294 g/mol. The fourth-order valence-electron chi connectivity index (χ4n) is 2.50. The first-order chi connectivity index (χ1) is 10.1. The van der Waals surface area contributed by atoms with Crippen LogP contribution in [0.2, 0.25) is 0 Å². The summed E-state index contributed by atoms with van der Waals surface area (Å²) in [5, 5.41) is 0. The van der Waals surface area contributed by atoms with Crippen LogP contribution in [0.3, 0.4) is 0 Å². The Bertz CT molecular complexity index is 578. The van der Waals surface area contributed by atoms with E-state index in [1.54, 1.807) is 0 Å². The van der Waals surface area contributed by atoms with E-state index in [2.05, 4.69) is 50.2 Å². The van der Waals surface area contributed by atoms with Gasteiger partial charge in [0.25, 0.3) is 0 Å². The van der Waals surface area contributed by atoms with E-state index in [1.807, 2.05) is 13.0 Å². The molecule has 3 heteroatoms. The summed E-state index contributed by atoms with van der Waals surface area (Å²) in [6, 6.07) is 15.0. The fourth-order valence-corrected chi connectivity index (χ4v) is 2.50. The second-order valence-electron chi connectivity index (χ2n) is 5.80. The highest BCUT2D eigenvalue weighted by atomic mass is 35.5. The zero-order valence-corrected chi connectivity index (χ0v) is 14.5. The Balaban J connectivity index is 0.00000242. The van der Waals surface area contributed by atoms with Crippen molar-refractivity contribution in [1.82, 2.24) is 0 Å². The molecule has 0 atom stereocenters. The van der Waals surface area contributed by atoms with Crippen molar-refractivity contribution in [2.45, 2.75) is 33.7 Å². The van der Waals surface area contributed by atoms with Gasteiger partial charge in [0.05, 0.1) is 6.61 Å². The van der Waals surface area contributed by atoms with Gasteiger partial charge in [-0.2, -0.15) is 0 Å². The zero-order chi connectivity index (χ0) is 15.2. The van der Waals surface area contributed by atoms with E-state index in [4.69, 9.17) is 10.5 Å². The summed E-state index contributed by atoms with van der Waals surface area (Å²) in [4.78, 5) is 0. The Kier molecular flexibility index (Phi) is 7.43. The van der Waals surface area contributed by atoms with Crippen LogP contribution in [0.1, 0.15) is 31.9 Å². The first-order valence-electron chi connectivity index (χ1n) is 7.68. The van der Waals surface area contributed by atoms with Crippen LogP contribution in [0.25, 0.3) is 11.1 Å². The molecule has 0 aromatic heterocycles. The second-order valence-corrected chi connectivity index (χ2v) is 5.80. The lowest BCUT2D eigenvalue weighted by Gasteiger charge is -2.11. The van der Waals surface area contributed by atoms with Gasteiger partial charge < -0.3 is 10.5 Å². The van der Waals surface area contributed by atoms with E-state index in [-0.39, 0.29) is 12.4 Å². The number of nitrogens with two attached hydrogens (primary N) is 1. The van der Waals surface area contributed by atoms with E-state index in [0.717, 1.165) is 23.3 Å². The Labute approximate surface area is 140 Å². The molecule has 2 N–H and O–H groups in total. The van der Waals surface area contributed by atoms with E-state index in [9.17, 15) is 0 Å². The first kappa shape index (κ1) is 18.5. The minimum atomic E-state index is 0. The number of rotatable bonds is 6. The van der Waals surface area contributed by atoms with Crippen LogP contribution in [-0.4, -0.2) is 6.61 Å². The minimum absolute atomic E-state index is 0. The monoisotopic (exact) mass is 319 g/mol. The maximum atomic E-state index is 5.79. The average Bonchev–Trinajstić information content (AvgIpc) is 2.47. The summed E-state index contributed by atoms with van der Waals surface area (Å²) in [5.41, 5.74) is 10.6. The number of halogens is 1. The van der Waals surface area contributed by atoms with Gasteiger partial charge >= 0.3 is 0 Å². The number of benzene rings is 2. The molecular formula is C19H26ClNO. The number of hydrogen-bond acceptors (Lipinski definition) is 2. The van der Waals surface area contributed by atoms with Crippen molar-refractivity contribution in [2.75, 3.05) is 6.61 Å². The van der Waals surface area contributed by atoms with Crippen molar-refractivity contribution in [3.63, 3.8) is 0 Å². The highest BCUT2D eigenvalue weighted by molar-refractivity contribution is 5.85. The maximum Gasteiger partial charge on any atom is 0.120 e. The summed E-state index contributed by atoms with van der Waals surface area (Å²) >= 11 is 0. The van der Waals surface area contributed by atoms with Crippen LogP contribution < -0.4 is 10.5 Å². The highest BCUT2D eigenvalue weighted by Gasteiger charge is 2.05. The molecule has 0 saturated heterocycles. The van der Waals surface area contributed by atoms with E-state index in [1.165, 1.54) is 11.1 Å². The van der Waals surface area contributed by atoms with Crippen molar-refractivity contribution in [3.8, 4) is 16.9 Å². The Morgan fingerprint density at radius 3 is 2.18 bits per heavy atom. The average molecular weight is 320 g/mol. The Hall–Kier alpha value is -1.51. The third-order valence-electron chi connectivity index (χ3n) is 3.44. The highest BCUT2D eigenvalue weighted by Crippen LogP contribution is 2.27. The van der Waals surface area contributed by atoms with Crippen LogP contribution in [-0.2, 0) is 13.0 Å². The SMILES string of the molecule is CCOc1cc(CN)cc(-c2ccc(CC(C)C)cc2)c1.Cl. The molecule has 0 bridgehead atoms. The molecule has 22 heavy (non-hydrogen) atoms. The molecule has 0 fully saturated rings. The van der Waals surface area contributed by atoms with Crippen LogP contribution in [0.5, 0.6) is 5.75 Å². The molecule has 0 amide bonds. The van der Waals surface area contributed by atoms with Crippen LogP contribution in [0.4, 0.5) is 0 Å². The lowest BCUT2D eigenvalue weighted by molar-refractivity contribution is 0.340. The lowest BCUT2D eigenvalue weighted by atomic mass is 9.98. The summed E-state index contributed by atoms with van der Waals surface area (Å²) < 4.78 is 5.63. The molecule has 0 aliphatic rings. The maximum absolute atomic E-state index is 5.79. The standard InChI is InChI=1S/C19H25NO.ClH/c1-4-21-19-11-16(13-20)10-18(12-19)17-7-5-15(6-8-17)9-14(2)3;/h5-8,10-12,14H,4,9,13,20H2,1-3H3;1H. The van der Waals surface area contributed by atoms with Crippen LogP contribution >= 0.6 is 12.4 Å². The van der Waals surface area contributed by atoms with Gasteiger partial charge in [-0.1, -0.05) is 38.1 Å². The Morgan fingerprint density at radius 2 is 1.64 bits per heavy atom. The van der Waals surface area contributed by atoms with Crippen molar-refractivity contribution in [1.29, 1.82) is 0 Å². The van der Waals surface area contributed by atoms with Crippen molar-refractivity contribution >= 4 is 12.4 Å². The van der Waals surface area contributed by atoms with Gasteiger partial charge in [0.2, 0.25) is 0 Å².